The molecule has 1 aromatic heterocycles. The SMILES string of the molecule is CC(C)[C@H]1CN(Cc2nccn2C)CCC(=O)N1Cc1ccc(F)cc1. The summed E-state index contributed by atoms with van der Waals surface area (Å²) in [7, 11) is 1.99. The predicted octanol–water partition coefficient (Wildman–Crippen LogP) is 2.82. The Morgan fingerprint density at radius 3 is 2.58 bits per heavy atom. The highest BCUT2D eigenvalue weighted by atomic mass is 19.1. The molecule has 1 atom stereocenters. The Bertz CT molecular complexity index is 741. The summed E-state index contributed by atoms with van der Waals surface area (Å²) in [6, 6.07) is 6.55. The van der Waals surface area contributed by atoms with Gasteiger partial charge in [0.25, 0.3) is 0 Å². The van der Waals surface area contributed by atoms with E-state index in [1.165, 1.54) is 12.1 Å². The number of hydrogen-bond donors (Lipinski definition) is 0. The summed E-state index contributed by atoms with van der Waals surface area (Å²) in [6.07, 6.45) is 4.24. The Balaban J connectivity index is 1.77. The number of aromatic nitrogens is 2. The van der Waals surface area contributed by atoms with Gasteiger partial charge in [0.1, 0.15) is 11.6 Å². The van der Waals surface area contributed by atoms with E-state index in [1.807, 2.05) is 22.7 Å². The molecule has 2 aromatic rings. The molecule has 2 heterocycles. The van der Waals surface area contributed by atoms with Crippen LogP contribution in [0.4, 0.5) is 4.39 Å². The van der Waals surface area contributed by atoms with Crippen molar-refractivity contribution in [2.75, 3.05) is 13.1 Å². The van der Waals surface area contributed by atoms with Crippen molar-refractivity contribution in [2.24, 2.45) is 13.0 Å². The summed E-state index contributed by atoms with van der Waals surface area (Å²) >= 11 is 0. The minimum atomic E-state index is -0.252. The van der Waals surface area contributed by atoms with E-state index in [2.05, 4.69) is 23.7 Å². The molecule has 1 aliphatic heterocycles. The van der Waals surface area contributed by atoms with Crippen molar-refractivity contribution in [3.05, 3.63) is 53.9 Å². The molecule has 5 nitrogen and oxygen atoms in total. The highest BCUT2D eigenvalue weighted by molar-refractivity contribution is 5.77. The quantitative estimate of drug-likeness (QED) is 0.825. The van der Waals surface area contributed by atoms with Gasteiger partial charge in [-0.2, -0.15) is 0 Å². The van der Waals surface area contributed by atoms with Crippen LogP contribution in [0.25, 0.3) is 0 Å². The summed E-state index contributed by atoms with van der Waals surface area (Å²) in [5.41, 5.74) is 0.961. The fraction of sp³-hybridized carbons (Fsp3) is 0.500. The molecule has 0 spiro atoms. The smallest absolute Gasteiger partial charge is 0.224 e. The number of carbonyl (C=O) groups is 1. The number of nitrogens with zero attached hydrogens (tertiary/aromatic N) is 4. The van der Waals surface area contributed by atoms with Gasteiger partial charge in [0.15, 0.2) is 0 Å². The van der Waals surface area contributed by atoms with Gasteiger partial charge in [-0.05, 0) is 23.6 Å². The topological polar surface area (TPSA) is 41.4 Å². The van der Waals surface area contributed by atoms with Crippen molar-refractivity contribution in [1.82, 2.24) is 19.4 Å². The fourth-order valence-corrected chi connectivity index (χ4v) is 3.49. The van der Waals surface area contributed by atoms with Crippen molar-refractivity contribution in [3.8, 4) is 0 Å². The number of aryl methyl sites for hydroxylation is 1. The molecule has 6 heteroatoms. The van der Waals surface area contributed by atoms with Crippen LogP contribution in [0.5, 0.6) is 0 Å². The van der Waals surface area contributed by atoms with Crippen LogP contribution < -0.4 is 0 Å². The third kappa shape index (κ3) is 4.30. The zero-order chi connectivity index (χ0) is 18.7. The molecule has 0 N–H and O–H groups in total. The van der Waals surface area contributed by atoms with E-state index in [-0.39, 0.29) is 17.8 Å². The highest BCUT2D eigenvalue weighted by Gasteiger charge is 2.32. The molecule has 0 radical (unpaired) electrons. The zero-order valence-corrected chi connectivity index (χ0v) is 15.7. The lowest BCUT2D eigenvalue weighted by molar-refractivity contribution is -0.134. The number of imidazole rings is 1. The molecule has 1 fully saturated rings. The van der Waals surface area contributed by atoms with Crippen molar-refractivity contribution < 1.29 is 9.18 Å². The fourth-order valence-electron chi connectivity index (χ4n) is 3.49. The third-order valence-corrected chi connectivity index (χ3v) is 5.13. The van der Waals surface area contributed by atoms with Gasteiger partial charge in [0, 0.05) is 51.5 Å². The molecular weight excluding hydrogens is 331 g/mol. The summed E-state index contributed by atoms with van der Waals surface area (Å²) in [4.78, 5) is 21.5. The second-order valence-electron chi connectivity index (χ2n) is 7.40. The second kappa shape index (κ2) is 7.99. The van der Waals surface area contributed by atoms with Crippen LogP contribution in [0.2, 0.25) is 0 Å². The average molecular weight is 358 g/mol. The largest absolute Gasteiger partial charge is 0.337 e. The molecule has 1 saturated heterocycles. The normalized spacial score (nSPS) is 19.2. The molecule has 0 saturated carbocycles. The third-order valence-electron chi connectivity index (χ3n) is 5.13. The number of hydrogen-bond acceptors (Lipinski definition) is 3. The summed E-state index contributed by atoms with van der Waals surface area (Å²) in [5, 5.41) is 0. The van der Waals surface area contributed by atoms with Gasteiger partial charge in [-0.1, -0.05) is 26.0 Å². The Morgan fingerprint density at radius 2 is 1.96 bits per heavy atom. The molecule has 0 aliphatic carbocycles. The first kappa shape index (κ1) is 18.6. The van der Waals surface area contributed by atoms with E-state index >= 15 is 0 Å². The van der Waals surface area contributed by atoms with E-state index in [4.69, 9.17) is 0 Å². The molecule has 140 valence electrons. The van der Waals surface area contributed by atoms with Crippen LogP contribution in [-0.4, -0.2) is 44.4 Å². The van der Waals surface area contributed by atoms with Crippen LogP contribution in [0.1, 0.15) is 31.7 Å². The van der Waals surface area contributed by atoms with Crippen LogP contribution in [-0.2, 0) is 24.9 Å². The minimum absolute atomic E-state index is 0.121. The molecule has 3 rings (SSSR count). The van der Waals surface area contributed by atoms with Gasteiger partial charge in [-0.15, -0.1) is 0 Å². The Labute approximate surface area is 154 Å². The molecule has 0 unspecified atom stereocenters. The monoisotopic (exact) mass is 358 g/mol. The zero-order valence-electron chi connectivity index (χ0n) is 15.7. The summed E-state index contributed by atoms with van der Waals surface area (Å²) in [5.74, 6) is 1.25. The molecule has 1 aliphatic rings. The van der Waals surface area contributed by atoms with Crippen molar-refractivity contribution >= 4 is 5.91 Å². The standard InChI is InChI=1S/C20H27FN4O/c1-15(2)18-13-24(14-19-22-9-11-23(19)3)10-8-20(26)25(18)12-16-4-6-17(21)7-5-16/h4-7,9,11,15,18H,8,10,12-14H2,1-3H3/t18-/m1/s1. The lowest BCUT2D eigenvalue weighted by atomic mass is 10.0. The van der Waals surface area contributed by atoms with Gasteiger partial charge in [0.2, 0.25) is 5.91 Å². The van der Waals surface area contributed by atoms with E-state index < -0.39 is 0 Å². The van der Waals surface area contributed by atoms with Gasteiger partial charge in [0.05, 0.1) is 6.54 Å². The van der Waals surface area contributed by atoms with E-state index in [0.29, 0.717) is 18.9 Å². The molecular formula is C20H27FN4O. The number of halogens is 1. The maximum absolute atomic E-state index is 13.2. The van der Waals surface area contributed by atoms with Crippen LogP contribution in [0.15, 0.2) is 36.7 Å². The van der Waals surface area contributed by atoms with Gasteiger partial charge in [-0.3, -0.25) is 9.69 Å². The molecule has 26 heavy (non-hydrogen) atoms. The van der Waals surface area contributed by atoms with E-state index in [9.17, 15) is 9.18 Å². The van der Waals surface area contributed by atoms with Crippen molar-refractivity contribution in [2.45, 2.75) is 39.4 Å². The molecule has 1 amide bonds. The van der Waals surface area contributed by atoms with E-state index in [0.717, 1.165) is 31.0 Å². The number of benzene rings is 1. The van der Waals surface area contributed by atoms with Crippen molar-refractivity contribution in [3.63, 3.8) is 0 Å². The lowest BCUT2D eigenvalue weighted by Gasteiger charge is -2.34. The predicted molar refractivity (Wildman–Crippen MR) is 98.7 cm³/mol. The Morgan fingerprint density at radius 1 is 1.23 bits per heavy atom. The van der Waals surface area contributed by atoms with Gasteiger partial charge < -0.3 is 9.47 Å². The first-order chi connectivity index (χ1) is 12.4. The lowest BCUT2D eigenvalue weighted by Crippen LogP contribution is -2.45. The molecule has 1 aromatic carbocycles. The first-order valence-corrected chi connectivity index (χ1v) is 9.16. The van der Waals surface area contributed by atoms with E-state index in [1.54, 1.807) is 18.3 Å². The van der Waals surface area contributed by atoms with Gasteiger partial charge >= 0.3 is 0 Å². The highest BCUT2D eigenvalue weighted by Crippen LogP contribution is 2.22. The molecule has 0 bridgehead atoms. The van der Waals surface area contributed by atoms with Crippen LogP contribution >= 0.6 is 0 Å². The number of amides is 1. The Hall–Kier alpha value is -2.21. The van der Waals surface area contributed by atoms with Crippen LogP contribution in [0, 0.1) is 11.7 Å². The number of carbonyl (C=O) groups excluding carboxylic acids is 1. The average Bonchev–Trinajstić information content (AvgIpc) is 2.94. The maximum atomic E-state index is 13.2. The minimum Gasteiger partial charge on any atom is -0.337 e. The summed E-state index contributed by atoms with van der Waals surface area (Å²) < 4.78 is 15.2. The number of rotatable bonds is 5. The summed E-state index contributed by atoms with van der Waals surface area (Å²) in [6.45, 7) is 7.12. The van der Waals surface area contributed by atoms with Crippen molar-refractivity contribution in [1.29, 1.82) is 0 Å². The second-order valence-corrected chi connectivity index (χ2v) is 7.40. The first-order valence-electron chi connectivity index (χ1n) is 9.16. The van der Waals surface area contributed by atoms with Gasteiger partial charge in [-0.25, -0.2) is 9.37 Å². The van der Waals surface area contributed by atoms with Crippen LogP contribution in [0.3, 0.4) is 0 Å². The maximum Gasteiger partial charge on any atom is 0.224 e. The Kier molecular flexibility index (Phi) is 5.71.